The van der Waals surface area contributed by atoms with E-state index in [1.807, 2.05) is 13.8 Å². The summed E-state index contributed by atoms with van der Waals surface area (Å²) in [5.74, 6) is 0. The highest BCUT2D eigenvalue weighted by Gasteiger charge is 1.07. The summed E-state index contributed by atoms with van der Waals surface area (Å²) < 4.78 is 0. The van der Waals surface area contributed by atoms with Crippen molar-refractivity contribution in [2.45, 2.75) is 20.8 Å². The van der Waals surface area contributed by atoms with E-state index in [1.54, 1.807) is 6.92 Å². The standard InChI is InChI=1S/C2H6.C2H5/c2*1-2/h1-2H3;1H2,2H3/q;+1. The van der Waals surface area contributed by atoms with Crippen molar-refractivity contribution in [3.8, 4) is 0 Å². The van der Waals surface area contributed by atoms with Gasteiger partial charge >= 0.3 is 0 Å². The Bertz CT molecular complexity index is 0. The Morgan fingerprint density at radius 2 is 1.00 bits per heavy atom. The SMILES string of the molecule is CC.[CH2+]C. The molecular weight excluding hydrogens is 48.0 g/mol. The second kappa shape index (κ2) is 594. The Labute approximate surface area is 28.8 Å². The first-order valence-electron chi connectivity index (χ1n) is 1.71. The fourth-order valence-electron chi connectivity index (χ4n) is 0. The molecule has 0 aromatic heterocycles. The van der Waals surface area contributed by atoms with Crippen molar-refractivity contribution < 1.29 is 0 Å². The molecule has 0 heteroatoms. The van der Waals surface area contributed by atoms with Crippen LogP contribution in [0, 0.1) is 6.92 Å². The first kappa shape index (κ1) is 9.12. The van der Waals surface area contributed by atoms with Crippen LogP contribution in [-0.2, 0) is 0 Å². The quantitative estimate of drug-likeness (QED) is 0.374. The van der Waals surface area contributed by atoms with Gasteiger partial charge in [-0.05, 0) is 0 Å². The molecule has 0 atom stereocenters. The maximum absolute atomic E-state index is 3.25. The lowest BCUT2D eigenvalue weighted by Gasteiger charge is -1.07. The lowest BCUT2D eigenvalue weighted by molar-refractivity contribution is 1.50. The summed E-state index contributed by atoms with van der Waals surface area (Å²) in [7, 11) is 0. The number of hydrogen-bond donors (Lipinski definition) is 0. The third kappa shape index (κ3) is 83.8. The van der Waals surface area contributed by atoms with E-state index < -0.39 is 0 Å². The highest BCUT2D eigenvalue weighted by atomic mass is 13.0. The Morgan fingerprint density at radius 1 is 1.00 bits per heavy atom. The first-order chi connectivity index (χ1) is 2.00. The summed E-state index contributed by atoms with van der Waals surface area (Å²) in [6.45, 7) is 9.00. The second-order valence-corrected chi connectivity index (χ2v) is 0. The summed E-state index contributed by atoms with van der Waals surface area (Å²) in [6.07, 6.45) is 0. The molecule has 0 aliphatic heterocycles. The predicted molar refractivity (Wildman–Crippen MR) is 22.4 cm³/mol. The van der Waals surface area contributed by atoms with Gasteiger partial charge in [-0.1, -0.05) is 13.8 Å². The van der Waals surface area contributed by atoms with Crippen molar-refractivity contribution in [1.29, 1.82) is 0 Å². The monoisotopic (exact) mass is 59.1 g/mol. The third-order valence-corrected chi connectivity index (χ3v) is 0. The average Bonchev–Trinajstić information content (AvgIpc) is 1.50. The molecule has 0 aliphatic rings. The summed E-state index contributed by atoms with van der Waals surface area (Å²) in [4.78, 5) is 0. The van der Waals surface area contributed by atoms with Crippen molar-refractivity contribution >= 4 is 0 Å². The molecule has 0 heterocycles. The van der Waals surface area contributed by atoms with Gasteiger partial charge in [0.2, 0.25) is 0 Å². The van der Waals surface area contributed by atoms with Crippen molar-refractivity contribution in [1.82, 2.24) is 0 Å². The van der Waals surface area contributed by atoms with Gasteiger partial charge in [0.25, 0.3) is 0 Å². The second-order valence-electron chi connectivity index (χ2n) is 0. The van der Waals surface area contributed by atoms with Gasteiger partial charge in [-0.3, -0.25) is 0 Å². The minimum atomic E-state index is 1.75. The van der Waals surface area contributed by atoms with Crippen molar-refractivity contribution in [2.75, 3.05) is 0 Å². The van der Waals surface area contributed by atoms with Crippen LogP contribution in [0.25, 0.3) is 0 Å². The largest absolute Gasteiger partial charge is 0.0746 e. The van der Waals surface area contributed by atoms with Crippen LogP contribution in [0.15, 0.2) is 0 Å². The van der Waals surface area contributed by atoms with Gasteiger partial charge in [0.1, 0.15) is 0 Å². The molecule has 0 aliphatic carbocycles. The van der Waals surface area contributed by atoms with Crippen LogP contribution in [0.2, 0.25) is 0 Å². The van der Waals surface area contributed by atoms with Gasteiger partial charge in [-0.2, -0.15) is 0 Å². The van der Waals surface area contributed by atoms with Gasteiger partial charge in [0.05, 0.1) is 13.8 Å². The molecule has 0 rings (SSSR count). The van der Waals surface area contributed by atoms with Crippen LogP contribution in [0.5, 0.6) is 0 Å². The molecule has 26 valence electrons. The summed E-state index contributed by atoms with van der Waals surface area (Å²) in [6, 6.07) is 0. The molecule has 0 amide bonds. The molecule has 0 aromatic carbocycles. The Balaban J connectivity index is 0. The lowest BCUT2D eigenvalue weighted by atomic mass is 11.0. The minimum Gasteiger partial charge on any atom is -0.0683 e. The normalized spacial score (nSPS) is 2.75. The zero-order valence-corrected chi connectivity index (χ0v) is 3.71. The van der Waals surface area contributed by atoms with E-state index in [2.05, 4.69) is 6.92 Å². The molecule has 0 saturated heterocycles. The Hall–Kier alpha value is -0.130. The van der Waals surface area contributed by atoms with E-state index in [9.17, 15) is 0 Å². The molecule has 0 nitrogen and oxygen atoms in total. The van der Waals surface area contributed by atoms with E-state index in [0.717, 1.165) is 0 Å². The number of hydrogen-bond acceptors (Lipinski definition) is 0. The first-order valence-corrected chi connectivity index (χ1v) is 1.71. The van der Waals surface area contributed by atoms with Gasteiger partial charge in [0.15, 0.2) is 0 Å². The number of rotatable bonds is 0. The molecule has 0 fully saturated rings. The average molecular weight is 59.1 g/mol. The van der Waals surface area contributed by atoms with Gasteiger partial charge in [-0.15, -0.1) is 0 Å². The zero-order valence-electron chi connectivity index (χ0n) is 3.71. The van der Waals surface area contributed by atoms with Crippen LogP contribution in [0.4, 0.5) is 0 Å². The zero-order chi connectivity index (χ0) is 4.00. The molecule has 0 N–H and O–H groups in total. The minimum absolute atomic E-state index is 1.75. The fraction of sp³-hybridized carbons (Fsp3) is 0.750. The third-order valence-electron chi connectivity index (χ3n) is 0. The van der Waals surface area contributed by atoms with Crippen molar-refractivity contribution in [3.05, 3.63) is 6.92 Å². The van der Waals surface area contributed by atoms with Crippen LogP contribution in [-0.4, -0.2) is 0 Å². The van der Waals surface area contributed by atoms with Crippen molar-refractivity contribution in [2.24, 2.45) is 0 Å². The van der Waals surface area contributed by atoms with Gasteiger partial charge in [-0.25, -0.2) is 0 Å². The molecule has 4 heavy (non-hydrogen) atoms. The van der Waals surface area contributed by atoms with E-state index in [0.29, 0.717) is 0 Å². The van der Waals surface area contributed by atoms with Gasteiger partial charge < -0.3 is 0 Å². The highest BCUT2D eigenvalue weighted by molar-refractivity contribution is 3.94. The summed E-state index contributed by atoms with van der Waals surface area (Å²) in [5, 5.41) is 0. The smallest absolute Gasteiger partial charge is 0.0683 e. The van der Waals surface area contributed by atoms with E-state index in [4.69, 9.17) is 0 Å². The topological polar surface area (TPSA) is 0 Å². The maximum atomic E-state index is 3.25. The van der Waals surface area contributed by atoms with Crippen LogP contribution in [0.1, 0.15) is 20.8 Å². The van der Waals surface area contributed by atoms with Crippen LogP contribution >= 0.6 is 0 Å². The molecule has 0 unspecified atom stereocenters. The highest BCUT2D eigenvalue weighted by Crippen LogP contribution is 1.14. The predicted octanol–water partition coefficient (Wildman–Crippen LogP) is 1.87. The van der Waals surface area contributed by atoms with Crippen molar-refractivity contribution in [3.63, 3.8) is 0 Å². The summed E-state index contributed by atoms with van der Waals surface area (Å²) in [5.41, 5.74) is 0. The maximum Gasteiger partial charge on any atom is 0.0746 e. The Kier molecular flexibility index (Phi) is 1350. The lowest BCUT2D eigenvalue weighted by Crippen LogP contribution is -0.888. The van der Waals surface area contributed by atoms with E-state index >= 15 is 0 Å². The van der Waals surface area contributed by atoms with E-state index in [1.165, 1.54) is 0 Å². The van der Waals surface area contributed by atoms with Crippen LogP contribution in [0.3, 0.4) is 0 Å². The fourth-order valence-corrected chi connectivity index (χ4v) is 0. The summed E-state index contributed by atoms with van der Waals surface area (Å²) >= 11 is 0. The van der Waals surface area contributed by atoms with Crippen LogP contribution < -0.4 is 0 Å². The molecule has 0 spiro atoms. The molecule has 0 radical (unpaired) electrons. The molecule has 0 saturated carbocycles. The molecular formula is C4H11+. The Morgan fingerprint density at radius 3 is 1.00 bits per heavy atom. The van der Waals surface area contributed by atoms with Gasteiger partial charge in [0, 0.05) is 0 Å². The van der Waals surface area contributed by atoms with E-state index in [-0.39, 0.29) is 0 Å². The molecule has 0 bridgehead atoms. The molecule has 0 aromatic rings.